The molecule has 0 saturated heterocycles. The first-order valence-electron chi connectivity index (χ1n) is 7.09. The van der Waals surface area contributed by atoms with Gasteiger partial charge >= 0.3 is 0 Å². The lowest BCUT2D eigenvalue weighted by molar-refractivity contribution is 0.0944. The number of amides is 1. The molecule has 0 saturated carbocycles. The van der Waals surface area contributed by atoms with Gasteiger partial charge in [0.25, 0.3) is 5.91 Å². The van der Waals surface area contributed by atoms with Crippen molar-refractivity contribution in [3.63, 3.8) is 0 Å². The second-order valence-corrected chi connectivity index (χ2v) is 5.04. The Labute approximate surface area is 125 Å². The lowest BCUT2D eigenvalue weighted by atomic mass is 10.2. The molecule has 2 heterocycles. The smallest absolute Gasteiger partial charge is 0.268 e. The molecular formula is C17H21N3O. The van der Waals surface area contributed by atoms with Crippen LogP contribution in [-0.4, -0.2) is 22.0 Å². The molecule has 4 nitrogen and oxygen atoms in total. The maximum Gasteiger partial charge on any atom is 0.268 e. The van der Waals surface area contributed by atoms with E-state index >= 15 is 0 Å². The summed E-state index contributed by atoms with van der Waals surface area (Å²) >= 11 is 0. The highest BCUT2D eigenvalue weighted by molar-refractivity contribution is 5.94. The number of hydrogen-bond donors (Lipinski definition) is 1. The fraction of sp³-hybridized carbons (Fsp3) is 0.294. The summed E-state index contributed by atoms with van der Waals surface area (Å²) in [6.45, 7) is 8.93. The summed E-state index contributed by atoms with van der Waals surface area (Å²) in [6.07, 6.45) is 4.30. The maximum atomic E-state index is 12.4. The molecular weight excluding hydrogens is 262 g/mol. The van der Waals surface area contributed by atoms with Crippen molar-refractivity contribution in [2.24, 2.45) is 0 Å². The number of carbonyl (C=O) groups excluding carboxylic acids is 1. The van der Waals surface area contributed by atoms with Crippen molar-refractivity contribution < 1.29 is 4.79 Å². The highest BCUT2D eigenvalue weighted by atomic mass is 16.1. The maximum absolute atomic E-state index is 12.4. The van der Waals surface area contributed by atoms with Gasteiger partial charge in [-0.15, -0.1) is 6.58 Å². The first-order valence-corrected chi connectivity index (χ1v) is 7.09. The van der Waals surface area contributed by atoms with Crippen LogP contribution in [0.2, 0.25) is 0 Å². The van der Waals surface area contributed by atoms with Crippen molar-refractivity contribution in [2.75, 3.05) is 6.54 Å². The molecule has 21 heavy (non-hydrogen) atoms. The normalized spacial score (nSPS) is 10.4. The van der Waals surface area contributed by atoms with Gasteiger partial charge in [0, 0.05) is 37.1 Å². The van der Waals surface area contributed by atoms with Gasteiger partial charge in [0.1, 0.15) is 5.69 Å². The predicted molar refractivity (Wildman–Crippen MR) is 84.4 cm³/mol. The van der Waals surface area contributed by atoms with Crippen molar-refractivity contribution in [2.45, 2.75) is 26.8 Å². The van der Waals surface area contributed by atoms with E-state index in [2.05, 4.69) is 16.9 Å². The topological polar surface area (TPSA) is 46.9 Å². The summed E-state index contributed by atoms with van der Waals surface area (Å²) < 4.78 is 1.98. The summed E-state index contributed by atoms with van der Waals surface area (Å²) in [4.78, 5) is 16.6. The van der Waals surface area contributed by atoms with E-state index in [0.29, 0.717) is 18.8 Å². The number of pyridine rings is 1. The van der Waals surface area contributed by atoms with E-state index < -0.39 is 0 Å². The number of carbonyl (C=O) groups is 1. The molecule has 0 atom stereocenters. The highest BCUT2D eigenvalue weighted by Gasteiger charge is 2.16. The Morgan fingerprint density at radius 1 is 1.43 bits per heavy atom. The molecule has 0 radical (unpaired) electrons. The van der Waals surface area contributed by atoms with Crippen LogP contribution in [0.5, 0.6) is 0 Å². The third-order valence-electron chi connectivity index (χ3n) is 3.41. The van der Waals surface area contributed by atoms with Crippen LogP contribution in [0.15, 0.2) is 43.1 Å². The number of allylic oxidation sites excluding steroid dienone is 1. The Morgan fingerprint density at radius 3 is 2.90 bits per heavy atom. The fourth-order valence-electron chi connectivity index (χ4n) is 2.45. The zero-order valence-corrected chi connectivity index (χ0v) is 12.6. The molecule has 1 amide bonds. The number of nitrogens with zero attached hydrogens (tertiary/aromatic N) is 2. The second-order valence-electron chi connectivity index (χ2n) is 5.04. The van der Waals surface area contributed by atoms with Crippen LogP contribution in [0.1, 0.15) is 27.4 Å². The number of aromatic nitrogens is 2. The molecule has 110 valence electrons. The number of nitrogens with one attached hydrogen (secondary N) is 1. The van der Waals surface area contributed by atoms with Crippen molar-refractivity contribution in [1.82, 2.24) is 14.9 Å². The molecule has 0 unspecified atom stereocenters. The van der Waals surface area contributed by atoms with Crippen molar-refractivity contribution in [1.29, 1.82) is 0 Å². The molecule has 0 aliphatic heterocycles. The van der Waals surface area contributed by atoms with Crippen LogP contribution < -0.4 is 5.32 Å². The Kier molecular flexibility index (Phi) is 4.93. The monoisotopic (exact) mass is 283 g/mol. The third-order valence-corrected chi connectivity index (χ3v) is 3.41. The molecule has 0 aliphatic rings. The summed E-state index contributed by atoms with van der Waals surface area (Å²) in [5, 5.41) is 2.97. The second kappa shape index (κ2) is 6.88. The zero-order valence-electron chi connectivity index (χ0n) is 12.6. The van der Waals surface area contributed by atoms with Gasteiger partial charge in [-0.25, -0.2) is 0 Å². The van der Waals surface area contributed by atoms with Crippen LogP contribution in [0.4, 0.5) is 0 Å². The van der Waals surface area contributed by atoms with Crippen LogP contribution >= 0.6 is 0 Å². The minimum atomic E-state index is -0.0432. The predicted octanol–water partition coefficient (Wildman–Crippen LogP) is 2.66. The van der Waals surface area contributed by atoms with E-state index in [1.807, 2.05) is 42.7 Å². The Morgan fingerprint density at radius 2 is 2.24 bits per heavy atom. The SMILES string of the molecule is C=CCn1c(C)cc(C)c1C(=O)NCCc1ccccn1. The van der Waals surface area contributed by atoms with Gasteiger partial charge in [0.15, 0.2) is 0 Å². The van der Waals surface area contributed by atoms with Gasteiger partial charge in [0.05, 0.1) is 0 Å². The Bertz CT molecular complexity index is 629. The van der Waals surface area contributed by atoms with Crippen LogP contribution in [-0.2, 0) is 13.0 Å². The largest absolute Gasteiger partial charge is 0.350 e. The van der Waals surface area contributed by atoms with Crippen molar-refractivity contribution >= 4 is 5.91 Å². The van der Waals surface area contributed by atoms with Gasteiger partial charge in [-0.3, -0.25) is 9.78 Å². The van der Waals surface area contributed by atoms with Gasteiger partial charge in [0.2, 0.25) is 0 Å². The zero-order chi connectivity index (χ0) is 15.2. The molecule has 1 N–H and O–H groups in total. The summed E-state index contributed by atoms with van der Waals surface area (Å²) in [5.41, 5.74) is 3.76. The lowest BCUT2D eigenvalue weighted by Crippen LogP contribution is -2.28. The summed E-state index contributed by atoms with van der Waals surface area (Å²) in [6, 6.07) is 7.82. The van der Waals surface area contributed by atoms with E-state index in [4.69, 9.17) is 0 Å². The summed E-state index contributed by atoms with van der Waals surface area (Å²) in [7, 11) is 0. The standard InChI is InChI=1S/C17H21N3O/c1-4-11-20-14(3)12-13(2)16(20)17(21)19-10-8-15-7-5-6-9-18-15/h4-7,9,12H,1,8,10-11H2,2-3H3,(H,19,21). The van der Waals surface area contributed by atoms with Crippen LogP contribution in [0, 0.1) is 13.8 Å². The molecule has 0 spiro atoms. The Balaban J connectivity index is 2.02. The van der Waals surface area contributed by atoms with E-state index in [9.17, 15) is 4.79 Å². The minimum absolute atomic E-state index is 0.0432. The molecule has 0 bridgehead atoms. The molecule has 0 aromatic carbocycles. The van der Waals surface area contributed by atoms with Crippen LogP contribution in [0.3, 0.4) is 0 Å². The third kappa shape index (κ3) is 3.60. The quantitative estimate of drug-likeness (QED) is 0.828. The number of aryl methyl sites for hydroxylation is 2. The molecule has 4 heteroatoms. The van der Waals surface area contributed by atoms with E-state index in [-0.39, 0.29) is 5.91 Å². The van der Waals surface area contributed by atoms with Gasteiger partial charge in [-0.1, -0.05) is 12.1 Å². The van der Waals surface area contributed by atoms with Crippen molar-refractivity contribution in [3.05, 3.63) is 65.8 Å². The average Bonchev–Trinajstić information content (AvgIpc) is 2.75. The van der Waals surface area contributed by atoms with E-state index in [1.165, 1.54) is 0 Å². The molecule has 0 fully saturated rings. The fourth-order valence-corrected chi connectivity index (χ4v) is 2.45. The van der Waals surface area contributed by atoms with Gasteiger partial charge in [-0.2, -0.15) is 0 Å². The van der Waals surface area contributed by atoms with Crippen LogP contribution in [0.25, 0.3) is 0 Å². The minimum Gasteiger partial charge on any atom is -0.350 e. The first-order chi connectivity index (χ1) is 10.1. The molecule has 2 aromatic heterocycles. The van der Waals surface area contributed by atoms with Gasteiger partial charge < -0.3 is 9.88 Å². The molecule has 2 aromatic rings. The molecule has 2 rings (SSSR count). The number of hydrogen-bond acceptors (Lipinski definition) is 2. The first kappa shape index (κ1) is 15.0. The summed E-state index contributed by atoms with van der Waals surface area (Å²) in [5.74, 6) is -0.0432. The van der Waals surface area contributed by atoms with Gasteiger partial charge in [-0.05, 0) is 37.6 Å². The lowest BCUT2D eigenvalue weighted by Gasteiger charge is -2.10. The average molecular weight is 283 g/mol. The van der Waals surface area contributed by atoms with E-state index in [1.54, 1.807) is 12.3 Å². The van der Waals surface area contributed by atoms with Crippen molar-refractivity contribution in [3.8, 4) is 0 Å². The Hall–Kier alpha value is -2.36. The van der Waals surface area contributed by atoms with E-state index in [0.717, 1.165) is 23.4 Å². The molecule has 0 aliphatic carbocycles. The highest BCUT2D eigenvalue weighted by Crippen LogP contribution is 2.15. The number of rotatable bonds is 6.